The lowest BCUT2D eigenvalue weighted by Gasteiger charge is -2.06. The largest absolute Gasteiger partial charge is 0.492 e. The van der Waals surface area contributed by atoms with Crippen LogP contribution in [-0.2, 0) is 16.1 Å². The molecule has 1 aromatic heterocycles. The van der Waals surface area contributed by atoms with Gasteiger partial charge in [-0.3, -0.25) is 4.79 Å². The van der Waals surface area contributed by atoms with Gasteiger partial charge < -0.3 is 20.2 Å². The topological polar surface area (TPSA) is 129 Å². The quantitative estimate of drug-likeness (QED) is 0.446. The first-order chi connectivity index (χ1) is 11.4. The van der Waals surface area contributed by atoms with Gasteiger partial charge in [-0.25, -0.2) is 4.79 Å². The summed E-state index contributed by atoms with van der Waals surface area (Å²) in [7, 11) is 0. The molecule has 0 spiro atoms. The maximum atomic E-state index is 12.0. The van der Waals surface area contributed by atoms with Crippen LogP contribution >= 0.6 is 15.9 Å². The van der Waals surface area contributed by atoms with E-state index in [0.29, 0.717) is 11.3 Å². The number of benzene rings is 1. The monoisotopic (exact) mass is 397 g/mol. The summed E-state index contributed by atoms with van der Waals surface area (Å²) < 4.78 is 5.98. The van der Waals surface area contributed by atoms with Crippen LogP contribution in [0.5, 0.6) is 0 Å². The van der Waals surface area contributed by atoms with E-state index in [1.165, 1.54) is 12.1 Å². The minimum absolute atomic E-state index is 0.0713. The van der Waals surface area contributed by atoms with Crippen molar-refractivity contribution in [2.75, 3.05) is 11.9 Å². The summed E-state index contributed by atoms with van der Waals surface area (Å²) in [4.78, 5) is 36.9. The van der Waals surface area contributed by atoms with Gasteiger partial charge in [0.15, 0.2) is 0 Å². The molecule has 0 aliphatic rings. The van der Waals surface area contributed by atoms with Gasteiger partial charge in [-0.15, -0.1) is 0 Å². The molecule has 24 heavy (non-hydrogen) atoms. The number of ether oxygens (including phenoxy) is 1. The maximum Gasteiger partial charge on any atom is 0.492 e. The Balaban J connectivity index is 1.99. The lowest BCUT2D eigenvalue weighted by atomic mass is 10.2. The predicted octanol–water partition coefficient (Wildman–Crippen LogP) is 1.76. The van der Waals surface area contributed by atoms with E-state index in [9.17, 15) is 19.7 Å². The summed E-state index contributed by atoms with van der Waals surface area (Å²) in [5.41, 5.74) is 0.822. The van der Waals surface area contributed by atoms with Crippen molar-refractivity contribution in [3.63, 3.8) is 0 Å². The molecular weight excluding hydrogens is 386 g/mol. The highest BCUT2D eigenvalue weighted by atomic mass is 79.9. The molecule has 0 saturated heterocycles. The Morgan fingerprint density at radius 2 is 2.04 bits per heavy atom. The van der Waals surface area contributed by atoms with Crippen molar-refractivity contribution in [3.05, 3.63) is 44.7 Å². The molecule has 126 valence electrons. The van der Waals surface area contributed by atoms with E-state index in [1.807, 2.05) is 0 Å². The van der Waals surface area contributed by atoms with Crippen molar-refractivity contribution in [3.8, 4) is 0 Å². The Morgan fingerprint density at radius 1 is 1.38 bits per heavy atom. The summed E-state index contributed by atoms with van der Waals surface area (Å²) in [5.74, 6) is -1.51. The van der Waals surface area contributed by atoms with Crippen LogP contribution < -0.4 is 5.32 Å². The minimum Gasteiger partial charge on any atom is -0.462 e. The first kappa shape index (κ1) is 17.5. The van der Waals surface area contributed by atoms with Crippen molar-refractivity contribution in [1.29, 1.82) is 0 Å². The molecule has 0 aliphatic heterocycles. The highest BCUT2D eigenvalue weighted by Gasteiger charge is 2.21. The van der Waals surface area contributed by atoms with Crippen LogP contribution in [-0.4, -0.2) is 38.2 Å². The van der Waals surface area contributed by atoms with Gasteiger partial charge in [0.2, 0.25) is 5.91 Å². The van der Waals surface area contributed by atoms with Crippen LogP contribution in [0.3, 0.4) is 0 Å². The van der Waals surface area contributed by atoms with Crippen molar-refractivity contribution in [2.24, 2.45) is 0 Å². The number of carbonyl (C=O) groups excluding carboxylic acids is 2. The van der Waals surface area contributed by atoms with E-state index in [2.05, 4.69) is 31.3 Å². The zero-order valence-corrected chi connectivity index (χ0v) is 14.0. The average Bonchev–Trinajstić information content (AvgIpc) is 2.89. The van der Waals surface area contributed by atoms with E-state index >= 15 is 0 Å². The summed E-state index contributed by atoms with van der Waals surface area (Å²) in [6, 6.07) is 6.12. The summed E-state index contributed by atoms with van der Waals surface area (Å²) in [5, 5.41) is 16.8. The Morgan fingerprint density at radius 3 is 2.58 bits per heavy atom. The van der Waals surface area contributed by atoms with Crippen LogP contribution in [0.25, 0.3) is 0 Å². The van der Waals surface area contributed by atoms with Gasteiger partial charge in [0.1, 0.15) is 6.54 Å². The molecule has 0 aliphatic carbocycles. The van der Waals surface area contributed by atoms with Gasteiger partial charge >= 0.3 is 11.9 Å². The van der Waals surface area contributed by atoms with Crippen molar-refractivity contribution < 1.29 is 19.2 Å². The van der Waals surface area contributed by atoms with Gasteiger partial charge in [0.05, 0.1) is 12.2 Å². The molecular formula is C13H12BrN5O5. The summed E-state index contributed by atoms with van der Waals surface area (Å²) >= 11 is 2.99. The molecule has 2 aromatic rings. The second kappa shape index (κ2) is 7.64. The first-order valence-corrected chi connectivity index (χ1v) is 7.51. The van der Waals surface area contributed by atoms with E-state index in [1.54, 1.807) is 19.1 Å². The number of esters is 1. The minimum atomic E-state index is -0.757. The number of rotatable bonds is 6. The summed E-state index contributed by atoms with van der Waals surface area (Å²) in [6.45, 7) is 1.72. The molecule has 1 aromatic carbocycles. The second-order valence-corrected chi connectivity index (χ2v) is 5.15. The number of hydrogen-bond donors (Lipinski definition) is 1. The highest BCUT2D eigenvalue weighted by molar-refractivity contribution is 9.10. The standard InChI is InChI=1S/C13H12BrN5O5/c1-2-24-11(21)8-3-5-9(6-4-8)15-10(20)7-18-12(14)16-13(17-18)19(22)23/h3-6H,2,7H2,1H3,(H,15,20). The fourth-order valence-electron chi connectivity index (χ4n) is 1.73. The number of nitrogens with one attached hydrogen (secondary N) is 1. The van der Waals surface area contributed by atoms with Gasteiger partial charge in [-0.1, -0.05) is 0 Å². The van der Waals surface area contributed by atoms with Crippen LogP contribution in [0.2, 0.25) is 0 Å². The molecule has 11 heteroatoms. The maximum absolute atomic E-state index is 12.0. The Bertz CT molecular complexity index is 774. The van der Waals surface area contributed by atoms with Gasteiger partial charge in [-0.2, -0.15) is 4.68 Å². The van der Waals surface area contributed by atoms with Gasteiger partial charge in [0.25, 0.3) is 4.73 Å². The van der Waals surface area contributed by atoms with Crippen molar-refractivity contribution >= 4 is 39.4 Å². The van der Waals surface area contributed by atoms with Crippen molar-refractivity contribution in [1.82, 2.24) is 14.8 Å². The normalized spacial score (nSPS) is 10.2. The third-order valence-electron chi connectivity index (χ3n) is 2.75. The molecule has 0 bridgehead atoms. The summed E-state index contributed by atoms with van der Waals surface area (Å²) in [6.07, 6.45) is 0. The molecule has 1 amide bonds. The third kappa shape index (κ3) is 4.35. The smallest absolute Gasteiger partial charge is 0.462 e. The number of amides is 1. The molecule has 1 heterocycles. The van der Waals surface area contributed by atoms with E-state index in [-0.39, 0.29) is 17.9 Å². The average molecular weight is 398 g/mol. The Labute approximate surface area is 144 Å². The number of carbonyl (C=O) groups is 2. The van der Waals surface area contributed by atoms with Crippen LogP contribution in [0.4, 0.5) is 11.6 Å². The molecule has 0 atom stereocenters. The zero-order valence-electron chi connectivity index (χ0n) is 12.4. The van der Waals surface area contributed by atoms with Crippen molar-refractivity contribution in [2.45, 2.75) is 13.5 Å². The van der Waals surface area contributed by atoms with Crippen LogP contribution in [0.1, 0.15) is 17.3 Å². The van der Waals surface area contributed by atoms with E-state index in [4.69, 9.17) is 4.74 Å². The zero-order chi connectivity index (χ0) is 17.7. The Hall–Kier alpha value is -2.82. The second-order valence-electron chi connectivity index (χ2n) is 4.44. The third-order valence-corrected chi connectivity index (χ3v) is 3.34. The lowest BCUT2D eigenvalue weighted by molar-refractivity contribution is -0.394. The van der Waals surface area contributed by atoms with Crippen LogP contribution in [0.15, 0.2) is 29.0 Å². The fourth-order valence-corrected chi connectivity index (χ4v) is 2.09. The number of nitrogens with zero attached hydrogens (tertiary/aromatic N) is 4. The predicted molar refractivity (Wildman–Crippen MR) is 85.4 cm³/mol. The van der Waals surface area contributed by atoms with Gasteiger partial charge in [0, 0.05) is 26.7 Å². The van der Waals surface area contributed by atoms with Gasteiger partial charge in [-0.05, 0) is 41.1 Å². The number of aromatic nitrogens is 3. The SMILES string of the molecule is CCOC(=O)c1ccc(NC(=O)Cn2nc([N+](=O)[O-])nc2Br)cc1. The number of halogens is 1. The molecule has 0 saturated carbocycles. The molecule has 0 unspecified atom stereocenters. The number of anilines is 1. The molecule has 10 nitrogen and oxygen atoms in total. The molecule has 1 N–H and O–H groups in total. The van der Waals surface area contributed by atoms with E-state index < -0.39 is 22.7 Å². The highest BCUT2D eigenvalue weighted by Crippen LogP contribution is 2.13. The Kier molecular flexibility index (Phi) is 5.58. The number of hydrogen-bond acceptors (Lipinski definition) is 7. The first-order valence-electron chi connectivity index (χ1n) is 6.72. The van der Waals surface area contributed by atoms with Crippen LogP contribution in [0, 0.1) is 10.1 Å². The number of nitro groups is 1. The molecule has 0 radical (unpaired) electrons. The lowest BCUT2D eigenvalue weighted by Crippen LogP contribution is -2.19. The van der Waals surface area contributed by atoms with E-state index in [0.717, 1.165) is 4.68 Å². The fraction of sp³-hybridized carbons (Fsp3) is 0.231. The molecule has 2 rings (SSSR count). The molecule has 0 fully saturated rings.